The van der Waals surface area contributed by atoms with E-state index in [2.05, 4.69) is 5.10 Å². The third-order valence-electron chi connectivity index (χ3n) is 3.96. The Bertz CT molecular complexity index is 940. The Hall–Kier alpha value is -2.47. The van der Waals surface area contributed by atoms with Crippen LogP contribution in [0, 0.1) is 5.82 Å². The molecule has 0 aliphatic heterocycles. The van der Waals surface area contributed by atoms with Crippen molar-refractivity contribution in [3.8, 4) is 0 Å². The molecule has 0 aliphatic carbocycles. The first-order chi connectivity index (χ1) is 12.0. The lowest BCUT2D eigenvalue weighted by Gasteiger charge is -2.07. The molecule has 130 valence electrons. The van der Waals surface area contributed by atoms with Crippen LogP contribution in [-0.4, -0.2) is 20.9 Å². The fourth-order valence-corrected chi connectivity index (χ4v) is 2.94. The molecular formula is C18H15ClF2N2O2. The van der Waals surface area contributed by atoms with E-state index in [4.69, 9.17) is 16.7 Å². The number of benzene rings is 2. The van der Waals surface area contributed by atoms with Crippen molar-refractivity contribution in [3.63, 3.8) is 0 Å². The molecule has 0 unspecified atom stereocenters. The number of aryl methyl sites for hydroxylation is 1. The van der Waals surface area contributed by atoms with Gasteiger partial charge in [0.05, 0.1) is 24.2 Å². The van der Waals surface area contributed by atoms with Crippen molar-refractivity contribution >= 4 is 28.5 Å². The van der Waals surface area contributed by atoms with Gasteiger partial charge in [0.2, 0.25) is 0 Å². The number of hydrogen-bond donors (Lipinski definition) is 1. The van der Waals surface area contributed by atoms with Crippen molar-refractivity contribution in [2.45, 2.75) is 26.1 Å². The van der Waals surface area contributed by atoms with E-state index in [9.17, 15) is 13.6 Å². The average molecular weight is 365 g/mol. The van der Waals surface area contributed by atoms with Crippen LogP contribution in [0.3, 0.4) is 0 Å². The highest BCUT2D eigenvalue weighted by Gasteiger charge is 2.14. The third-order valence-corrected chi connectivity index (χ3v) is 4.31. The number of hydrogen-bond acceptors (Lipinski definition) is 2. The molecular weight excluding hydrogens is 350 g/mol. The first-order valence-electron chi connectivity index (χ1n) is 7.68. The van der Waals surface area contributed by atoms with Crippen LogP contribution in [0.2, 0.25) is 5.02 Å². The highest BCUT2D eigenvalue weighted by Crippen LogP contribution is 2.25. The Labute approximate surface area is 147 Å². The molecule has 3 aromatic rings. The van der Waals surface area contributed by atoms with Crippen LogP contribution in [0.4, 0.5) is 8.78 Å². The van der Waals surface area contributed by atoms with Gasteiger partial charge in [-0.1, -0.05) is 29.8 Å². The second-order valence-corrected chi connectivity index (χ2v) is 6.13. The second kappa shape index (κ2) is 7.19. The van der Waals surface area contributed by atoms with Crippen LogP contribution in [0.1, 0.15) is 23.2 Å². The van der Waals surface area contributed by atoms with Gasteiger partial charge in [-0.2, -0.15) is 5.10 Å². The van der Waals surface area contributed by atoms with E-state index in [1.54, 1.807) is 28.9 Å². The van der Waals surface area contributed by atoms with Crippen LogP contribution in [0.15, 0.2) is 36.4 Å². The van der Waals surface area contributed by atoms with E-state index in [1.807, 2.05) is 0 Å². The molecule has 0 saturated carbocycles. The number of alkyl halides is 1. The number of fused-ring (bicyclic) bond motifs is 1. The fourth-order valence-electron chi connectivity index (χ4n) is 2.71. The van der Waals surface area contributed by atoms with Gasteiger partial charge in [-0.3, -0.25) is 9.48 Å². The van der Waals surface area contributed by atoms with Gasteiger partial charge in [-0.15, -0.1) is 0 Å². The summed E-state index contributed by atoms with van der Waals surface area (Å²) in [6.45, 7) is -0.332. The molecule has 3 rings (SSSR count). The van der Waals surface area contributed by atoms with E-state index < -0.39 is 18.5 Å². The van der Waals surface area contributed by atoms with Crippen molar-refractivity contribution in [3.05, 3.63) is 64.1 Å². The molecule has 0 spiro atoms. The number of nitrogens with zero attached hydrogens (tertiary/aromatic N) is 2. The summed E-state index contributed by atoms with van der Waals surface area (Å²) in [5, 5.41) is 14.4. The molecule has 0 amide bonds. The summed E-state index contributed by atoms with van der Waals surface area (Å²) in [5.74, 6) is -1.34. The van der Waals surface area contributed by atoms with Crippen LogP contribution in [-0.2, 0) is 24.4 Å². The minimum atomic E-state index is -0.912. The Balaban J connectivity index is 2.04. The predicted octanol–water partition coefficient (Wildman–Crippen LogP) is 4.36. The lowest BCUT2D eigenvalue weighted by Crippen LogP contribution is -2.04. The smallest absolute Gasteiger partial charge is 0.303 e. The number of carbonyl (C=O) groups is 1. The third kappa shape index (κ3) is 3.79. The van der Waals surface area contributed by atoms with E-state index in [0.717, 1.165) is 5.39 Å². The van der Waals surface area contributed by atoms with Crippen LogP contribution < -0.4 is 0 Å². The van der Waals surface area contributed by atoms with E-state index in [1.165, 1.54) is 12.1 Å². The topological polar surface area (TPSA) is 55.1 Å². The Morgan fingerprint density at radius 1 is 1.24 bits per heavy atom. The first kappa shape index (κ1) is 17.4. The molecule has 1 N–H and O–H groups in total. The predicted molar refractivity (Wildman–Crippen MR) is 91.0 cm³/mol. The normalized spacial score (nSPS) is 11.2. The molecule has 0 atom stereocenters. The van der Waals surface area contributed by atoms with Gasteiger partial charge in [-0.25, -0.2) is 8.78 Å². The highest BCUT2D eigenvalue weighted by molar-refractivity contribution is 6.31. The molecule has 0 bridgehead atoms. The van der Waals surface area contributed by atoms with E-state index in [-0.39, 0.29) is 24.4 Å². The largest absolute Gasteiger partial charge is 0.481 e. The minimum absolute atomic E-state index is 0.0473. The maximum absolute atomic E-state index is 13.2. The fraction of sp³-hybridized carbons (Fsp3) is 0.222. The van der Waals surface area contributed by atoms with Gasteiger partial charge in [0.25, 0.3) is 0 Å². The lowest BCUT2D eigenvalue weighted by atomic mass is 10.1. The molecule has 4 nitrogen and oxygen atoms in total. The molecule has 0 radical (unpaired) electrons. The maximum Gasteiger partial charge on any atom is 0.303 e. The van der Waals surface area contributed by atoms with Crippen LogP contribution in [0.5, 0.6) is 0 Å². The molecule has 1 aromatic heterocycles. The van der Waals surface area contributed by atoms with Gasteiger partial charge < -0.3 is 5.11 Å². The molecule has 25 heavy (non-hydrogen) atoms. The molecule has 0 saturated heterocycles. The summed E-state index contributed by atoms with van der Waals surface area (Å²) in [7, 11) is 0. The Morgan fingerprint density at radius 2 is 2.04 bits per heavy atom. The zero-order chi connectivity index (χ0) is 18.0. The molecule has 2 aromatic carbocycles. The number of aromatic nitrogens is 2. The summed E-state index contributed by atoms with van der Waals surface area (Å²) >= 11 is 6.08. The Morgan fingerprint density at radius 3 is 2.72 bits per heavy atom. The van der Waals surface area contributed by atoms with Gasteiger partial charge in [0.1, 0.15) is 12.5 Å². The first-order valence-corrected chi connectivity index (χ1v) is 8.05. The standard InChI is InChI=1S/C18H15ClF2N2O2/c19-15-8-13(21)3-2-12(15)10-23-17-7-11(9-20)1-4-14(17)16(22-23)5-6-18(24)25/h1-4,7-8H,5-6,9-10H2,(H,24,25). The van der Waals surface area contributed by atoms with Crippen LogP contribution in [0.25, 0.3) is 10.9 Å². The zero-order valence-electron chi connectivity index (χ0n) is 13.2. The molecule has 0 fully saturated rings. The summed E-state index contributed by atoms with van der Waals surface area (Å²) in [4.78, 5) is 10.8. The van der Waals surface area contributed by atoms with Gasteiger partial charge in [-0.05, 0) is 29.3 Å². The van der Waals surface area contributed by atoms with Gasteiger partial charge in [0, 0.05) is 16.8 Å². The number of aliphatic carboxylic acids is 1. The van der Waals surface area contributed by atoms with Gasteiger partial charge >= 0.3 is 5.97 Å². The number of carboxylic acid groups (broad SMARTS) is 1. The van der Waals surface area contributed by atoms with Crippen molar-refractivity contribution in [2.75, 3.05) is 0 Å². The zero-order valence-corrected chi connectivity index (χ0v) is 13.9. The quantitative estimate of drug-likeness (QED) is 0.707. The number of rotatable bonds is 6. The minimum Gasteiger partial charge on any atom is -0.481 e. The average Bonchev–Trinajstić information content (AvgIpc) is 2.92. The van der Waals surface area contributed by atoms with Crippen LogP contribution >= 0.6 is 11.6 Å². The second-order valence-electron chi connectivity index (χ2n) is 5.72. The highest BCUT2D eigenvalue weighted by atomic mass is 35.5. The monoisotopic (exact) mass is 364 g/mol. The summed E-state index contributed by atoms with van der Waals surface area (Å²) in [5.41, 5.74) is 2.49. The number of halogens is 3. The van der Waals surface area contributed by atoms with Crippen molar-refractivity contribution < 1.29 is 18.7 Å². The van der Waals surface area contributed by atoms with E-state index in [0.29, 0.717) is 22.3 Å². The summed E-state index contributed by atoms with van der Waals surface area (Å²) in [6.07, 6.45) is 0.221. The van der Waals surface area contributed by atoms with Crippen molar-refractivity contribution in [2.24, 2.45) is 0 Å². The SMILES string of the molecule is O=C(O)CCc1nn(Cc2ccc(F)cc2Cl)c2cc(CF)ccc12. The number of carboxylic acids is 1. The van der Waals surface area contributed by atoms with Crippen molar-refractivity contribution in [1.82, 2.24) is 9.78 Å². The van der Waals surface area contributed by atoms with Crippen molar-refractivity contribution in [1.29, 1.82) is 0 Å². The molecule has 0 aliphatic rings. The summed E-state index contributed by atoms with van der Waals surface area (Å²) < 4.78 is 27.9. The molecule has 1 heterocycles. The Kier molecular flexibility index (Phi) is 4.99. The summed E-state index contributed by atoms with van der Waals surface area (Å²) in [6, 6.07) is 9.19. The lowest BCUT2D eigenvalue weighted by molar-refractivity contribution is -0.136. The molecule has 7 heteroatoms. The maximum atomic E-state index is 13.2. The van der Waals surface area contributed by atoms with Gasteiger partial charge in [0.15, 0.2) is 0 Å². The van der Waals surface area contributed by atoms with E-state index >= 15 is 0 Å².